The number of nitrogens with zero attached hydrogens (tertiary/aromatic N) is 4. The van der Waals surface area contributed by atoms with Gasteiger partial charge in [-0.15, -0.1) is 10.2 Å². The van der Waals surface area contributed by atoms with Crippen LogP contribution in [0.4, 0.5) is 5.69 Å². The van der Waals surface area contributed by atoms with Crippen LogP contribution in [0.25, 0.3) is 0 Å². The number of aromatic nitrogens is 3. The molecule has 0 N–H and O–H groups in total. The van der Waals surface area contributed by atoms with Crippen molar-refractivity contribution in [2.75, 3.05) is 11.4 Å². The molecule has 2 heterocycles. The van der Waals surface area contributed by atoms with Crippen LogP contribution in [0.3, 0.4) is 0 Å². The molecule has 5 heteroatoms. The molecule has 0 unspecified atom stereocenters. The van der Waals surface area contributed by atoms with Gasteiger partial charge in [0.1, 0.15) is 17.7 Å². The molecule has 2 aromatic rings. The van der Waals surface area contributed by atoms with E-state index in [0.29, 0.717) is 12.0 Å². The first-order valence-electron chi connectivity index (χ1n) is 9.15. The maximum absolute atomic E-state index is 6.01. The van der Waals surface area contributed by atoms with Gasteiger partial charge in [-0.05, 0) is 57.2 Å². The van der Waals surface area contributed by atoms with E-state index in [1.165, 1.54) is 42.8 Å². The molecule has 2 aliphatic carbocycles. The summed E-state index contributed by atoms with van der Waals surface area (Å²) in [7, 11) is 0. The van der Waals surface area contributed by atoms with Gasteiger partial charge in [-0.2, -0.15) is 0 Å². The zero-order valence-electron chi connectivity index (χ0n) is 14.4. The second-order valence-corrected chi connectivity index (χ2v) is 7.63. The molecular weight excluding hydrogens is 300 g/mol. The van der Waals surface area contributed by atoms with Gasteiger partial charge in [0.25, 0.3) is 0 Å². The monoisotopic (exact) mass is 324 g/mol. The van der Waals surface area contributed by atoms with Gasteiger partial charge in [0.05, 0.1) is 18.8 Å². The van der Waals surface area contributed by atoms with Crippen LogP contribution in [0, 0.1) is 6.92 Å². The van der Waals surface area contributed by atoms with E-state index in [0.717, 1.165) is 24.7 Å². The predicted molar refractivity (Wildman–Crippen MR) is 92.6 cm³/mol. The average Bonchev–Trinajstić information content (AvgIpc) is 3.47. The molecule has 3 aliphatic rings. The summed E-state index contributed by atoms with van der Waals surface area (Å²) in [6.45, 7) is 5.98. The maximum Gasteiger partial charge on any atom is 0.152 e. The summed E-state index contributed by atoms with van der Waals surface area (Å²) >= 11 is 0. The zero-order valence-corrected chi connectivity index (χ0v) is 14.4. The van der Waals surface area contributed by atoms with Crippen molar-refractivity contribution in [1.29, 1.82) is 0 Å². The van der Waals surface area contributed by atoms with Gasteiger partial charge in [-0.1, -0.05) is 6.07 Å². The SMILES string of the molecule is Cc1ccc2c(c1)N(Cc1nnc(C3CC3)n1C1CC1)C[C@@H](C)O2. The van der Waals surface area contributed by atoms with Crippen molar-refractivity contribution in [1.82, 2.24) is 14.8 Å². The van der Waals surface area contributed by atoms with Crippen molar-refractivity contribution in [3.8, 4) is 5.75 Å². The lowest BCUT2D eigenvalue weighted by Crippen LogP contribution is -2.38. The number of anilines is 1. The number of fused-ring (bicyclic) bond motifs is 1. The fraction of sp³-hybridized carbons (Fsp3) is 0.579. The standard InChI is InChI=1S/C19H24N4O/c1-12-3-8-17-16(9-12)22(10-13(2)24-17)11-18-20-21-19(14-4-5-14)23(18)15-6-7-15/h3,8-9,13-15H,4-7,10-11H2,1-2H3/t13-/m1/s1. The first-order valence-corrected chi connectivity index (χ1v) is 9.15. The van der Waals surface area contributed by atoms with Gasteiger partial charge in [-0.3, -0.25) is 0 Å². The molecule has 0 amide bonds. The Hall–Kier alpha value is -2.04. The zero-order chi connectivity index (χ0) is 16.3. The number of aryl methyl sites for hydroxylation is 1. The number of benzene rings is 1. The van der Waals surface area contributed by atoms with Crippen LogP contribution in [0.1, 0.15) is 61.8 Å². The van der Waals surface area contributed by atoms with Crippen molar-refractivity contribution in [3.05, 3.63) is 35.4 Å². The molecule has 1 aromatic carbocycles. The quantitative estimate of drug-likeness (QED) is 0.862. The van der Waals surface area contributed by atoms with Crippen LogP contribution in [-0.4, -0.2) is 27.4 Å². The Morgan fingerprint density at radius 1 is 1.17 bits per heavy atom. The van der Waals surface area contributed by atoms with Crippen molar-refractivity contribution < 1.29 is 4.74 Å². The van der Waals surface area contributed by atoms with Crippen LogP contribution >= 0.6 is 0 Å². The third-order valence-electron chi connectivity index (χ3n) is 5.24. The lowest BCUT2D eigenvalue weighted by Gasteiger charge is -2.35. The van der Waals surface area contributed by atoms with E-state index in [9.17, 15) is 0 Å². The second-order valence-electron chi connectivity index (χ2n) is 7.63. The molecule has 2 saturated carbocycles. The first kappa shape index (κ1) is 14.3. The van der Waals surface area contributed by atoms with Gasteiger partial charge >= 0.3 is 0 Å². The molecule has 0 spiro atoms. The molecule has 1 aromatic heterocycles. The Morgan fingerprint density at radius 2 is 2.00 bits per heavy atom. The molecule has 2 fully saturated rings. The Labute approximate surface area is 142 Å². The topological polar surface area (TPSA) is 43.2 Å². The van der Waals surface area contributed by atoms with Gasteiger partial charge < -0.3 is 14.2 Å². The fourth-order valence-electron chi connectivity index (χ4n) is 3.75. The number of hydrogen-bond donors (Lipinski definition) is 0. The molecule has 0 radical (unpaired) electrons. The van der Waals surface area contributed by atoms with Crippen LogP contribution in [-0.2, 0) is 6.54 Å². The second kappa shape index (κ2) is 5.23. The molecule has 1 aliphatic heterocycles. The highest BCUT2D eigenvalue weighted by molar-refractivity contribution is 5.61. The molecule has 126 valence electrons. The minimum atomic E-state index is 0.195. The van der Waals surface area contributed by atoms with E-state index >= 15 is 0 Å². The van der Waals surface area contributed by atoms with Gasteiger partial charge in [0.2, 0.25) is 0 Å². The molecule has 5 rings (SSSR count). The largest absolute Gasteiger partial charge is 0.487 e. The summed E-state index contributed by atoms with van der Waals surface area (Å²) < 4.78 is 8.47. The molecule has 0 saturated heterocycles. The van der Waals surface area contributed by atoms with Crippen molar-refractivity contribution in [2.45, 2.75) is 64.1 Å². The van der Waals surface area contributed by atoms with Gasteiger partial charge in [-0.25, -0.2) is 0 Å². The smallest absolute Gasteiger partial charge is 0.152 e. The van der Waals surface area contributed by atoms with E-state index in [1.54, 1.807) is 0 Å². The van der Waals surface area contributed by atoms with E-state index < -0.39 is 0 Å². The Bertz CT molecular complexity index is 776. The highest BCUT2D eigenvalue weighted by atomic mass is 16.5. The molecule has 1 atom stereocenters. The Balaban J connectivity index is 1.49. The summed E-state index contributed by atoms with van der Waals surface area (Å²) in [4.78, 5) is 2.41. The van der Waals surface area contributed by atoms with Crippen molar-refractivity contribution in [3.63, 3.8) is 0 Å². The lowest BCUT2D eigenvalue weighted by atomic mass is 10.1. The summed E-state index contributed by atoms with van der Waals surface area (Å²) in [5, 5.41) is 9.14. The Morgan fingerprint density at radius 3 is 2.75 bits per heavy atom. The Kier molecular flexibility index (Phi) is 3.12. The third-order valence-corrected chi connectivity index (χ3v) is 5.24. The average molecular weight is 324 g/mol. The first-order chi connectivity index (χ1) is 11.7. The number of rotatable bonds is 4. The number of ether oxygens (including phenoxy) is 1. The van der Waals surface area contributed by atoms with Crippen LogP contribution in [0.2, 0.25) is 0 Å². The molecule has 5 nitrogen and oxygen atoms in total. The lowest BCUT2D eigenvalue weighted by molar-refractivity contribution is 0.211. The summed E-state index contributed by atoms with van der Waals surface area (Å²) in [6, 6.07) is 7.07. The minimum absolute atomic E-state index is 0.195. The highest BCUT2D eigenvalue weighted by Gasteiger charge is 2.37. The van der Waals surface area contributed by atoms with Crippen LogP contribution < -0.4 is 9.64 Å². The predicted octanol–water partition coefficient (Wildman–Crippen LogP) is 3.59. The van der Waals surface area contributed by atoms with E-state index in [4.69, 9.17) is 4.74 Å². The summed E-state index contributed by atoms with van der Waals surface area (Å²) in [5.74, 6) is 4.00. The van der Waals surface area contributed by atoms with Crippen molar-refractivity contribution >= 4 is 5.69 Å². The van der Waals surface area contributed by atoms with Crippen LogP contribution in [0.15, 0.2) is 18.2 Å². The summed E-state index contributed by atoms with van der Waals surface area (Å²) in [5.41, 5.74) is 2.45. The van der Waals surface area contributed by atoms with Crippen LogP contribution in [0.5, 0.6) is 5.75 Å². The van der Waals surface area contributed by atoms with E-state index in [1.807, 2.05) is 0 Å². The van der Waals surface area contributed by atoms with Crippen molar-refractivity contribution in [2.24, 2.45) is 0 Å². The summed E-state index contributed by atoms with van der Waals surface area (Å²) in [6.07, 6.45) is 5.31. The molecule has 0 bridgehead atoms. The maximum atomic E-state index is 6.01. The third kappa shape index (κ3) is 2.46. The molecule has 24 heavy (non-hydrogen) atoms. The van der Waals surface area contributed by atoms with E-state index in [-0.39, 0.29) is 6.10 Å². The number of hydrogen-bond acceptors (Lipinski definition) is 4. The van der Waals surface area contributed by atoms with Gasteiger partial charge in [0.15, 0.2) is 5.82 Å². The normalized spacial score (nSPS) is 23.1. The highest BCUT2D eigenvalue weighted by Crippen LogP contribution is 2.45. The van der Waals surface area contributed by atoms with E-state index in [2.05, 4.69) is 51.7 Å². The molecular formula is C19H24N4O. The van der Waals surface area contributed by atoms with Gasteiger partial charge in [0, 0.05) is 12.0 Å². The fourth-order valence-corrected chi connectivity index (χ4v) is 3.75. The minimum Gasteiger partial charge on any atom is -0.487 e.